The summed E-state index contributed by atoms with van der Waals surface area (Å²) in [5.74, 6) is 0.297. The van der Waals surface area contributed by atoms with E-state index in [1.54, 1.807) is 30.2 Å². The average Bonchev–Trinajstić information content (AvgIpc) is 2.67. The second kappa shape index (κ2) is 5.61. The number of hydrogen-bond donors (Lipinski definition) is 1. The molecular formula is C15H16N2OS. The highest BCUT2D eigenvalue weighted by atomic mass is 32.2. The molecule has 0 bridgehead atoms. The minimum atomic E-state index is 0.297. The van der Waals surface area contributed by atoms with Crippen molar-refractivity contribution in [3.05, 3.63) is 41.9 Å². The lowest BCUT2D eigenvalue weighted by molar-refractivity contribution is 0.475. The molecule has 0 fully saturated rings. The van der Waals surface area contributed by atoms with Crippen LogP contribution in [0.4, 0.5) is 0 Å². The first-order chi connectivity index (χ1) is 9.33. The van der Waals surface area contributed by atoms with Crippen molar-refractivity contribution < 1.29 is 5.11 Å². The fourth-order valence-corrected chi connectivity index (χ4v) is 3.32. The molecule has 0 atom stereocenters. The van der Waals surface area contributed by atoms with Gasteiger partial charge in [0, 0.05) is 16.2 Å². The van der Waals surface area contributed by atoms with Crippen LogP contribution in [-0.2, 0) is 12.8 Å². The number of aromatic nitrogens is 2. The van der Waals surface area contributed by atoms with E-state index in [4.69, 9.17) is 0 Å². The number of aryl methyl sites for hydroxylation is 1. The van der Waals surface area contributed by atoms with Crippen molar-refractivity contribution in [1.29, 1.82) is 0 Å². The van der Waals surface area contributed by atoms with Crippen LogP contribution in [0.25, 0.3) is 0 Å². The lowest BCUT2D eigenvalue weighted by atomic mass is 10.1. The molecule has 1 heterocycles. The number of hydrogen-bond acceptors (Lipinski definition) is 4. The van der Waals surface area contributed by atoms with Crippen LogP contribution in [0.2, 0.25) is 0 Å². The standard InChI is InChI=1S/C15H16N2OS/c18-11-6-8-12(9-7-11)19-15-13-4-2-1-3-5-14(13)16-10-17-15/h6-10,18H,1-5H2. The summed E-state index contributed by atoms with van der Waals surface area (Å²) >= 11 is 1.66. The van der Waals surface area contributed by atoms with Gasteiger partial charge in [-0.05, 0) is 49.9 Å². The first-order valence-corrected chi connectivity index (χ1v) is 7.44. The number of aromatic hydroxyl groups is 1. The van der Waals surface area contributed by atoms with Crippen molar-refractivity contribution >= 4 is 11.8 Å². The van der Waals surface area contributed by atoms with Crippen LogP contribution >= 0.6 is 11.8 Å². The Hall–Kier alpha value is -1.55. The van der Waals surface area contributed by atoms with Crippen molar-refractivity contribution in [1.82, 2.24) is 9.97 Å². The maximum Gasteiger partial charge on any atom is 0.117 e. The first-order valence-electron chi connectivity index (χ1n) is 6.62. The summed E-state index contributed by atoms with van der Waals surface area (Å²) < 4.78 is 0. The summed E-state index contributed by atoms with van der Waals surface area (Å²) in [7, 11) is 0. The lowest BCUT2D eigenvalue weighted by Gasteiger charge is -2.09. The van der Waals surface area contributed by atoms with Gasteiger partial charge in [-0.2, -0.15) is 0 Å². The fraction of sp³-hybridized carbons (Fsp3) is 0.333. The van der Waals surface area contributed by atoms with E-state index in [0.29, 0.717) is 5.75 Å². The van der Waals surface area contributed by atoms with Crippen LogP contribution < -0.4 is 0 Å². The average molecular weight is 272 g/mol. The Balaban J connectivity index is 1.90. The third-order valence-electron chi connectivity index (χ3n) is 3.39. The highest BCUT2D eigenvalue weighted by molar-refractivity contribution is 7.99. The van der Waals surface area contributed by atoms with Crippen molar-refractivity contribution in [3.8, 4) is 5.75 Å². The number of benzene rings is 1. The van der Waals surface area contributed by atoms with E-state index < -0.39 is 0 Å². The van der Waals surface area contributed by atoms with Gasteiger partial charge in [0.1, 0.15) is 17.1 Å². The minimum absolute atomic E-state index is 0.297. The van der Waals surface area contributed by atoms with Gasteiger partial charge in [0.25, 0.3) is 0 Å². The summed E-state index contributed by atoms with van der Waals surface area (Å²) in [5, 5.41) is 10.4. The molecule has 4 heteroatoms. The molecule has 98 valence electrons. The first kappa shape index (κ1) is 12.5. The normalized spacial score (nSPS) is 14.7. The predicted octanol–water partition coefficient (Wildman–Crippen LogP) is 3.60. The van der Waals surface area contributed by atoms with Crippen molar-refractivity contribution in [3.63, 3.8) is 0 Å². The molecular weight excluding hydrogens is 256 g/mol. The predicted molar refractivity (Wildman–Crippen MR) is 75.5 cm³/mol. The molecule has 1 aromatic heterocycles. The molecule has 0 saturated carbocycles. The van der Waals surface area contributed by atoms with E-state index in [1.165, 1.54) is 30.5 Å². The Morgan fingerprint density at radius 3 is 2.58 bits per heavy atom. The smallest absolute Gasteiger partial charge is 0.117 e. The van der Waals surface area contributed by atoms with Gasteiger partial charge in [-0.25, -0.2) is 9.97 Å². The molecule has 1 aliphatic rings. The van der Waals surface area contributed by atoms with E-state index in [1.807, 2.05) is 12.1 Å². The molecule has 3 rings (SSSR count). The molecule has 0 radical (unpaired) electrons. The van der Waals surface area contributed by atoms with E-state index in [0.717, 1.165) is 22.8 Å². The molecule has 3 nitrogen and oxygen atoms in total. The maximum atomic E-state index is 9.32. The second-order valence-electron chi connectivity index (χ2n) is 4.76. The van der Waals surface area contributed by atoms with Gasteiger partial charge in [0.05, 0.1) is 0 Å². The molecule has 1 N–H and O–H groups in total. The molecule has 0 unspecified atom stereocenters. The topological polar surface area (TPSA) is 46.0 Å². The molecule has 0 saturated heterocycles. The van der Waals surface area contributed by atoms with Crippen LogP contribution in [0, 0.1) is 0 Å². The highest BCUT2D eigenvalue weighted by Gasteiger charge is 2.15. The molecule has 1 aliphatic carbocycles. The van der Waals surface area contributed by atoms with Gasteiger partial charge in [-0.15, -0.1) is 0 Å². The zero-order valence-electron chi connectivity index (χ0n) is 10.7. The molecule has 2 aromatic rings. The number of fused-ring (bicyclic) bond motifs is 1. The van der Waals surface area contributed by atoms with E-state index >= 15 is 0 Å². The molecule has 0 spiro atoms. The number of rotatable bonds is 2. The monoisotopic (exact) mass is 272 g/mol. The third-order valence-corrected chi connectivity index (χ3v) is 4.44. The minimum Gasteiger partial charge on any atom is -0.508 e. The van der Waals surface area contributed by atoms with Crippen LogP contribution in [0.5, 0.6) is 5.75 Å². The summed E-state index contributed by atoms with van der Waals surface area (Å²) in [5.41, 5.74) is 2.53. The second-order valence-corrected chi connectivity index (χ2v) is 5.82. The Bertz CT molecular complexity index is 569. The van der Waals surface area contributed by atoms with Crippen molar-refractivity contribution in [2.75, 3.05) is 0 Å². The quantitative estimate of drug-likeness (QED) is 0.670. The van der Waals surface area contributed by atoms with Crippen LogP contribution in [-0.4, -0.2) is 15.1 Å². The number of phenols is 1. The van der Waals surface area contributed by atoms with Crippen molar-refractivity contribution in [2.45, 2.75) is 42.0 Å². The summed E-state index contributed by atoms with van der Waals surface area (Å²) in [6.45, 7) is 0. The van der Waals surface area contributed by atoms with Gasteiger partial charge in [-0.1, -0.05) is 18.2 Å². The van der Waals surface area contributed by atoms with Gasteiger partial charge in [0.2, 0.25) is 0 Å². The van der Waals surface area contributed by atoms with Gasteiger partial charge in [0.15, 0.2) is 0 Å². The summed E-state index contributed by atoms with van der Waals surface area (Å²) in [4.78, 5) is 9.97. The summed E-state index contributed by atoms with van der Waals surface area (Å²) in [6.07, 6.45) is 7.56. The fourth-order valence-electron chi connectivity index (χ4n) is 2.38. The third kappa shape index (κ3) is 2.89. The zero-order chi connectivity index (χ0) is 13.1. The zero-order valence-corrected chi connectivity index (χ0v) is 11.5. The molecule has 1 aromatic carbocycles. The Morgan fingerprint density at radius 2 is 1.74 bits per heavy atom. The Morgan fingerprint density at radius 1 is 0.947 bits per heavy atom. The molecule has 0 amide bonds. The van der Waals surface area contributed by atoms with Crippen LogP contribution in [0.1, 0.15) is 30.5 Å². The van der Waals surface area contributed by atoms with E-state index in [-0.39, 0.29) is 0 Å². The van der Waals surface area contributed by atoms with Crippen LogP contribution in [0.3, 0.4) is 0 Å². The lowest BCUT2D eigenvalue weighted by Crippen LogP contribution is -1.99. The van der Waals surface area contributed by atoms with Gasteiger partial charge in [-0.3, -0.25) is 0 Å². The molecule has 19 heavy (non-hydrogen) atoms. The maximum absolute atomic E-state index is 9.32. The van der Waals surface area contributed by atoms with Crippen LogP contribution in [0.15, 0.2) is 40.5 Å². The Kier molecular flexibility index (Phi) is 3.69. The van der Waals surface area contributed by atoms with Gasteiger partial charge >= 0.3 is 0 Å². The van der Waals surface area contributed by atoms with Gasteiger partial charge < -0.3 is 5.11 Å². The summed E-state index contributed by atoms with van der Waals surface area (Å²) in [6, 6.07) is 7.26. The molecule has 0 aliphatic heterocycles. The number of phenolic OH excluding ortho intramolecular Hbond substituents is 1. The van der Waals surface area contributed by atoms with E-state index in [9.17, 15) is 5.11 Å². The van der Waals surface area contributed by atoms with Crippen molar-refractivity contribution in [2.24, 2.45) is 0 Å². The van der Waals surface area contributed by atoms with E-state index in [2.05, 4.69) is 9.97 Å². The number of nitrogens with zero attached hydrogens (tertiary/aromatic N) is 2. The Labute approximate surface area is 117 Å². The largest absolute Gasteiger partial charge is 0.508 e. The SMILES string of the molecule is Oc1ccc(Sc2ncnc3c2CCCCC3)cc1. The highest BCUT2D eigenvalue weighted by Crippen LogP contribution is 2.32.